The molecule has 0 aliphatic heterocycles. The first-order valence-electron chi connectivity index (χ1n) is 5.63. The molecule has 1 heterocycles. The second kappa shape index (κ2) is 6.31. The van der Waals surface area contributed by atoms with Crippen LogP contribution in [0.2, 0.25) is 0 Å². The third kappa shape index (κ3) is 3.77. The zero-order valence-electron chi connectivity index (χ0n) is 9.97. The third-order valence-corrected chi connectivity index (χ3v) is 3.52. The van der Waals surface area contributed by atoms with Gasteiger partial charge in [0.2, 0.25) is 0 Å². The van der Waals surface area contributed by atoms with E-state index < -0.39 is 11.0 Å². The smallest absolute Gasteiger partial charge is 0.287 e. The molecular weight excluding hydrogens is 264 g/mol. The molecule has 1 atom stereocenters. The number of nitro groups is 1. The van der Waals surface area contributed by atoms with Crippen LogP contribution in [0.15, 0.2) is 53.7 Å². The highest BCUT2D eigenvalue weighted by molar-refractivity contribution is 7.99. The predicted molar refractivity (Wildman–Crippen MR) is 73.0 cm³/mol. The van der Waals surface area contributed by atoms with Crippen molar-refractivity contribution in [3.8, 4) is 0 Å². The van der Waals surface area contributed by atoms with Gasteiger partial charge < -0.3 is 5.11 Å². The summed E-state index contributed by atoms with van der Waals surface area (Å²) >= 11 is 1.36. The summed E-state index contributed by atoms with van der Waals surface area (Å²) in [4.78, 5) is 14.0. The lowest BCUT2D eigenvalue weighted by molar-refractivity contribution is -0.385. The topological polar surface area (TPSA) is 76.3 Å². The molecule has 1 aromatic carbocycles. The van der Waals surface area contributed by atoms with Gasteiger partial charge >= 0.3 is 0 Å². The summed E-state index contributed by atoms with van der Waals surface area (Å²) in [5.41, 5.74) is 0.810. The summed E-state index contributed by atoms with van der Waals surface area (Å²) in [6.07, 6.45) is 0.639. The van der Waals surface area contributed by atoms with Crippen molar-refractivity contribution < 1.29 is 10.0 Å². The molecule has 1 N–H and O–H groups in total. The molecule has 0 fully saturated rings. The Labute approximate surface area is 114 Å². The quantitative estimate of drug-likeness (QED) is 0.516. The first kappa shape index (κ1) is 13.5. The SMILES string of the molecule is O=[N+]([O-])c1ccc(SCC(O)c2ccccc2)nc1. The Balaban J connectivity index is 1.93. The highest BCUT2D eigenvalue weighted by Crippen LogP contribution is 2.24. The van der Waals surface area contributed by atoms with Gasteiger partial charge in [0.15, 0.2) is 0 Å². The number of hydrogen-bond acceptors (Lipinski definition) is 5. The zero-order chi connectivity index (χ0) is 13.7. The van der Waals surface area contributed by atoms with E-state index in [0.29, 0.717) is 10.8 Å². The van der Waals surface area contributed by atoms with Gasteiger partial charge in [-0.2, -0.15) is 0 Å². The Morgan fingerprint density at radius 1 is 1.26 bits per heavy atom. The maximum Gasteiger partial charge on any atom is 0.287 e. The van der Waals surface area contributed by atoms with Crippen LogP contribution in [0.3, 0.4) is 0 Å². The van der Waals surface area contributed by atoms with E-state index in [2.05, 4.69) is 4.98 Å². The van der Waals surface area contributed by atoms with E-state index in [0.717, 1.165) is 5.56 Å². The number of rotatable bonds is 5. The highest BCUT2D eigenvalue weighted by Gasteiger charge is 2.09. The lowest BCUT2D eigenvalue weighted by atomic mass is 10.1. The summed E-state index contributed by atoms with van der Waals surface area (Å²) in [6.45, 7) is 0. The first-order chi connectivity index (χ1) is 9.16. The van der Waals surface area contributed by atoms with Gasteiger partial charge in [-0.1, -0.05) is 30.3 Å². The molecule has 0 bridgehead atoms. The van der Waals surface area contributed by atoms with Crippen molar-refractivity contribution in [3.63, 3.8) is 0 Å². The molecule has 5 nitrogen and oxygen atoms in total. The molecule has 0 aliphatic carbocycles. The maximum absolute atomic E-state index is 10.5. The standard InChI is InChI=1S/C13H12N2O3S/c16-12(10-4-2-1-3-5-10)9-19-13-7-6-11(8-14-13)15(17)18/h1-8,12,16H,9H2. The average Bonchev–Trinajstić information content (AvgIpc) is 2.46. The van der Waals surface area contributed by atoms with Gasteiger partial charge in [-0.05, 0) is 11.6 Å². The molecular formula is C13H12N2O3S. The number of aromatic nitrogens is 1. The Bertz CT molecular complexity index is 546. The van der Waals surface area contributed by atoms with E-state index in [9.17, 15) is 15.2 Å². The average molecular weight is 276 g/mol. The van der Waals surface area contributed by atoms with E-state index in [1.54, 1.807) is 6.07 Å². The summed E-state index contributed by atoms with van der Waals surface area (Å²) in [5, 5.41) is 21.1. The number of benzene rings is 1. The van der Waals surface area contributed by atoms with Crippen LogP contribution in [0.1, 0.15) is 11.7 Å². The number of thioether (sulfide) groups is 1. The van der Waals surface area contributed by atoms with Crippen LogP contribution in [0.25, 0.3) is 0 Å². The second-order valence-corrected chi connectivity index (χ2v) is 4.89. The predicted octanol–water partition coefficient (Wildman–Crippen LogP) is 2.82. The fraction of sp³-hybridized carbons (Fsp3) is 0.154. The molecule has 2 rings (SSSR count). The van der Waals surface area contributed by atoms with E-state index in [1.165, 1.54) is 24.0 Å². The molecule has 0 amide bonds. The Morgan fingerprint density at radius 2 is 2.00 bits per heavy atom. The van der Waals surface area contributed by atoms with Crippen molar-refractivity contribution in [2.24, 2.45) is 0 Å². The van der Waals surface area contributed by atoms with Crippen molar-refractivity contribution >= 4 is 17.4 Å². The van der Waals surface area contributed by atoms with Crippen LogP contribution in [0.4, 0.5) is 5.69 Å². The summed E-state index contributed by atoms with van der Waals surface area (Å²) in [7, 11) is 0. The van der Waals surface area contributed by atoms with E-state index in [-0.39, 0.29) is 5.69 Å². The molecule has 2 aromatic rings. The first-order valence-corrected chi connectivity index (χ1v) is 6.61. The molecule has 0 saturated carbocycles. The molecule has 19 heavy (non-hydrogen) atoms. The van der Waals surface area contributed by atoms with Crippen LogP contribution in [0, 0.1) is 10.1 Å². The molecule has 6 heteroatoms. The fourth-order valence-corrected chi connectivity index (χ4v) is 2.31. The maximum atomic E-state index is 10.5. The fourth-order valence-electron chi connectivity index (χ4n) is 1.50. The Morgan fingerprint density at radius 3 is 2.58 bits per heavy atom. The number of nitrogens with zero attached hydrogens (tertiary/aromatic N) is 2. The Hall–Kier alpha value is -1.92. The van der Waals surface area contributed by atoms with Crippen molar-refractivity contribution in [2.45, 2.75) is 11.1 Å². The third-order valence-electron chi connectivity index (χ3n) is 2.50. The molecule has 1 unspecified atom stereocenters. The zero-order valence-corrected chi connectivity index (χ0v) is 10.8. The van der Waals surface area contributed by atoms with E-state index in [4.69, 9.17) is 0 Å². The number of aliphatic hydroxyl groups is 1. The van der Waals surface area contributed by atoms with Crippen molar-refractivity contribution in [2.75, 3.05) is 5.75 Å². The number of aliphatic hydroxyl groups excluding tert-OH is 1. The van der Waals surface area contributed by atoms with Crippen molar-refractivity contribution in [1.29, 1.82) is 0 Å². The molecule has 0 aliphatic rings. The molecule has 98 valence electrons. The summed E-state index contributed by atoms with van der Waals surface area (Å²) in [6, 6.07) is 12.3. The van der Waals surface area contributed by atoms with Crippen molar-refractivity contribution in [1.82, 2.24) is 4.98 Å². The van der Waals surface area contributed by atoms with Gasteiger partial charge in [-0.15, -0.1) is 11.8 Å². The van der Waals surface area contributed by atoms with Gasteiger partial charge in [-0.25, -0.2) is 4.98 Å². The number of hydrogen-bond donors (Lipinski definition) is 1. The minimum Gasteiger partial charge on any atom is -0.388 e. The summed E-state index contributed by atoms with van der Waals surface area (Å²) < 4.78 is 0. The van der Waals surface area contributed by atoms with Crippen LogP contribution in [-0.2, 0) is 0 Å². The van der Waals surface area contributed by atoms with Gasteiger partial charge in [-0.3, -0.25) is 10.1 Å². The normalized spacial score (nSPS) is 12.1. The molecule has 1 aromatic heterocycles. The van der Waals surface area contributed by atoms with Crippen LogP contribution in [-0.4, -0.2) is 20.8 Å². The summed E-state index contributed by atoms with van der Waals surface area (Å²) in [5.74, 6) is 0.453. The molecule has 0 radical (unpaired) electrons. The largest absolute Gasteiger partial charge is 0.388 e. The van der Waals surface area contributed by atoms with Gasteiger partial charge in [0.1, 0.15) is 6.20 Å². The van der Waals surface area contributed by atoms with Crippen molar-refractivity contribution in [3.05, 3.63) is 64.3 Å². The monoisotopic (exact) mass is 276 g/mol. The van der Waals surface area contributed by atoms with Crippen LogP contribution < -0.4 is 0 Å². The second-order valence-electron chi connectivity index (χ2n) is 3.85. The minimum atomic E-state index is -0.580. The Kier molecular flexibility index (Phi) is 4.48. The molecule has 0 saturated heterocycles. The van der Waals surface area contributed by atoms with Crippen LogP contribution >= 0.6 is 11.8 Å². The van der Waals surface area contributed by atoms with E-state index >= 15 is 0 Å². The lowest BCUT2D eigenvalue weighted by Gasteiger charge is -2.09. The van der Waals surface area contributed by atoms with Gasteiger partial charge in [0.05, 0.1) is 16.1 Å². The van der Waals surface area contributed by atoms with E-state index in [1.807, 2.05) is 30.3 Å². The molecule has 0 spiro atoms. The number of pyridine rings is 1. The minimum absolute atomic E-state index is 0.0343. The van der Waals surface area contributed by atoms with Gasteiger partial charge in [0.25, 0.3) is 5.69 Å². The van der Waals surface area contributed by atoms with Crippen LogP contribution in [0.5, 0.6) is 0 Å². The lowest BCUT2D eigenvalue weighted by Crippen LogP contribution is -2.00. The highest BCUT2D eigenvalue weighted by atomic mass is 32.2. The van der Waals surface area contributed by atoms with Gasteiger partial charge in [0, 0.05) is 11.8 Å².